The van der Waals surface area contributed by atoms with Crippen molar-refractivity contribution in [3.8, 4) is 17.2 Å². The summed E-state index contributed by atoms with van der Waals surface area (Å²) in [4.78, 5) is -0.0647. The van der Waals surface area contributed by atoms with Crippen LogP contribution in [0.3, 0.4) is 0 Å². The molecule has 0 heterocycles. The quantitative estimate of drug-likeness (QED) is 0.737. The second kappa shape index (κ2) is 8.42. The van der Waals surface area contributed by atoms with E-state index < -0.39 is 34.7 Å². The van der Waals surface area contributed by atoms with E-state index in [1.807, 2.05) is 0 Å². The van der Waals surface area contributed by atoms with Crippen molar-refractivity contribution in [1.82, 2.24) is 0 Å². The molecule has 0 aliphatic carbocycles. The number of aliphatic hydroxyl groups excluding tert-OH is 2. The summed E-state index contributed by atoms with van der Waals surface area (Å²) < 4.78 is 69.6. The summed E-state index contributed by atoms with van der Waals surface area (Å²) in [5, 5.41) is 18.6. The molecule has 0 aliphatic rings. The lowest BCUT2D eigenvalue weighted by molar-refractivity contribution is -0.274. The molecule has 27 heavy (non-hydrogen) atoms. The highest BCUT2D eigenvalue weighted by Crippen LogP contribution is 2.28. The first-order chi connectivity index (χ1) is 12.6. The number of halogens is 3. The summed E-state index contributed by atoms with van der Waals surface area (Å²) >= 11 is 0. The third-order valence-corrected chi connectivity index (χ3v) is 4.56. The van der Waals surface area contributed by atoms with Crippen molar-refractivity contribution in [2.24, 2.45) is 0 Å². The Morgan fingerprint density at radius 1 is 0.963 bits per heavy atom. The second-order valence-corrected chi connectivity index (χ2v) is 7.05. The zero-order valence-corrected chi connectivity index (χ0v) is 14.4. The molecule has 2 rings (SSSR count). The van der Waals surface area contributed by atoms with Crippen LogP contribution in [-0.2, 0) is 9.84 Å². The van der Waals surface area contributed by atoms with E-state index in [9.17, 15) is 21.6 Å². The highest BCUT2D eigenvalue weighted by Gasteiger charge is 2.30. The average Bonchev–Trinajstić information content (AvgIpc) is 2.60. The number of ether oxygens (including phenoxy) is 2. The molecule has 0 amide bonds. The maximum atomic E-state index is 12.1. The van der Waals surface area contributed by atoms with Gasteiger partial charge in [0.1, 0.15) is 17.2 Å². The van der Waals surface area contributed by atoms with Crippen LogP contribution in [0.5, 0.6) is 17.2 Å². The van der Waals surface area contributed by atoms with E-state index in [1.165, 1.54) is 36.4 Å². The molecule has 0 aromatic heterocycles. The molecule has 0 bridgehead atoms. The van der Waals surface area contributed by atoms with Crippen LogP contribution in [0.25, 0.3) is 0 Å². The third-order valence-electron chi connectivity index (χ3n) is 3.11. The van der Waals surface area contributed by atoms with Crippen molar-refractivity contribution in [2.75, 3.05) is 6.61 Å². The number of benzene rings is 2. The van der Waals surface area contributed by atoms with E-state index >= 15 is 0 Å². The number of sulfone groups is 1. The van der Waals surface area contributed by atoms with E-state index in [2.05, 4.69) is 4.74 Å². The van der Waals surface area contributed by atoms with Gasteiger partial charge in [0.15, 0.2) is 9.84 Å². The molecule has 0 spiro atoms. The molecule has 1 atom stereocenters. The van der Waals surface area contributed by atoms with Crippen LogP contribution in [0.2, 0.25) is 0 Å². The molecule has 0 radical (unpaired) electrons. The van der Waals surface area contributed by atoms with Gasteiger partial charge in [0, 0.05) is 5.41 Å². The van der Waals surface area contributed by atoms with Crippen LogP contribution in [0.4, 0.5) is 13.2 Å². The molecule has 146 valence electrons. The fourth-order valence-corrected chi connectivity index (χ4v) is 2.94. The van der Waals surface area contributed by atoms with Crippen LogP contribution in [0, 0.1) is 0 Å². The van der Waals surface area contributed by atoms with Gasteiger partial charge in [0.05, 0.1) is 17.6 Å². The van der Waals surface area contributed by atoms with Crippen molar-refractivity contribution in [3.05, 3.63) is 60.0 Å². The molecule has 2 aromatic rings. The predicted molar refractivity (Wildman–Crippen MR) is 89.1 cm³/mol. The van der Waals surface area contributed by atoms with Gasteiger partial charge in [-0.1, -0.05) is 0 Å². The standard InChI is InChI=1S/C17H15F3O6S/c18-17(19,20)26-15-3-1-13(2-4-15)25-14-5-7-16(8-6-14)27(23,24)10-9-12(22)11-21/h1-10,12,21-22H,11H2/t12-/m1/s1. The number of hydrogen-bond acceptors (Lipinski definition) is 6. The Bertz CT molecular complexity index is 874. The predicted octanol–water partition coefficient (Wildman–Crippen LogP) is 3.02. The van der Waals surface area contributed by atoms with Gasteiger partial charge in [0.2, 0.25) is 0 Å². The van der Waals surface area contributed by atoms with Gasteiger partial charge >= 0.3 is 6.36 Å². The molecule has 2 N–H and O–H groups in total. The Morgan fingerprint density at radius 3 is 1.93 bits per heavy atom. The lowest BCUT2D eigenvalue weighted by Crippen LogP contribution is -2.16. The Kier molecular flexibility index (Phi) is 6.47. The van der Waals surface area contributed by atoms with Crippen LogP contribution in [0.1, 0.15) is 0 Å². The van der Waals surface area contributed by atoms with Crippen LogP contribution < -0.4 is 9.47 Å². The SMILES string of the molecule is O=S(=O)(C=C[C@@H](O)CO)c1ccc(Oc2ccc(OC(F)(F)F)cc2)cc1. The summed E-state index contributed by atoms with van der Waals surface area (Å²) in [5.74, 6) is 0.0945. The molecule has 0 saturated carbocycles. The third kappa shape index (κ3) is 6.59. The van der Waals surface area contributed by atoms with Gasteiger partial charge < -0.3 is 19.7 Å². The fourth-order valence-electron chi connectivity index (χ4n) is 1.88. The van der Waals surface area contributed by atoms with Gasteiger partial charge in [-0.3, -0.25) is 0 Å². The maximum Gasteiger partial charge on any atom is 0.573 e. The van der Waals surface area contributed by atoms with E-state index in [-0.39, 0.29) is 16.4 Å². The second-order valence-electron chi connectivity index (χ2n) is 5.22. The zero-order chi connectivity index (χ0) is 20.1. The van der Waals surface area contributed by atoms with Crippen molar-refractivity contribution in [3.63, 3.8) is 0 Å². The van der Waals surface area contributed by atoms with Crippen LogP contribution >= 0.6 is 0 Å². The largest absolute Gasteiger partial charge is 0.573 e. The minimum Gasteiger partial charge on any atom is -0.457 e. The number of alkyl halides is 3. The minimum absolute atomic E-state index is 0.0647. The molecular formula is C17H15F3O6S. The van der Waals surface area contributed by atoms with E-state index in [1.54, 1.807) is 0 Å². The summed E-state index contributed by atoms with van der Waals surface area (Å²) in [6.45, 7) is -0.606. The summed E-state index contributed by atoms with van der Waals surface area (Å²) in [5.41, 5.74) is 0. The highest BCUT2D eigenvalue weighted by molar-refractivity contribution is 7.94. The van der Waals surface area contributed by atoms with Crippen molar-refractivity contribution in [2.45, 2.75) is 17.4 Å². The van der Waals surface area contributed by atoms with E-state index in [0.29, 0.717) is 0 Å². The Balaban J connectivity index is 2.06. The lowest BCUT2D eigenvalue weighted by Gasteiger charge is -2.10. The molecule has 2 aromatic carbocycles. The zero-order valence-electron chi connectivity index (χ0n) is 13.6. The maximum absolute atomic E-state index is 12.1. The lowest BCUT2D eigenvalue weighted by atomic mass is 10.3. The van der Waals surface area contributed by atoms with Gasteiger partial charge in [0.25, 0.3) is 0 Å². The number of hydrogen-bond donors (Lipinski definition) is 2. The molecule has 10 heteroatoms. The van der Waals surface area contributed by atoms with Gasteiger partial charge in [-0.15, -0.1) is 13.2 Å². The van der Waals surface area contributed by atoms with Crippen molar-refractivity contribution in [1.29, 1.82) is 0 Å². The summed E-state index contributed by atoms with van der Waals surface area (Å²) in [6, 6.07) is 9.96. The molecule has 0 saturated heterocycles. The molecule has 6 nitrogen and oxygen atoms in total. The summed E-state index contributed by atoms with van der Waals surface area (Å²) in [7, 11) is -3.81. The smallest absolute Gasteiger partial charge is 0.457 e. The van der Waals surface area contributed by atoms with Gasteiger partial charge in [-0.25, -0.2) is 8.42 Å². The molecular weight excluding hydrogens is 389 g/mol. The Morgan fingerprint density at radius 2 is 1.44 bits per heavy atom. The fraction of sp³-hybridized carbons (Fsp3) is 0.176. The number of aliphatic hydroxyl groups is 2. The minimum atomic E-state index is -4.79. The average molecular weight is 404 g/mol. The van der Waals surface area contributed by atoms with E-state index in [0.717, 1.165) is 23.6 Å². The van der Waals surface area contributed by atoms with Crippen molar-refractivity contribution >= 4 is 9.84 Å². The topological polar surface area (TPSA) is 93.1 Å². The van der Waals surface area contributed by atoms with Crippen molar-refractivity contribution < 1.29 is 41.3 Å². The van der Waals surface area contributed by atoms with Gasteiger partial charge in [-0.05, 0) is 54.6 Å². The van der Waals surface area contributed by atoms with Gasteiger partial charge in [-0.2, -0.15) is 0 Å². The van der Waals surface area contributed by atoms with Crippen LogP contribution in [0.15, 0.2) is 64.9 Å². The highest BCUT2D eigenvalue weighted by atomic mass is 32.2. The normalized spacial score (nSPS) is 13.5. The first kappa shape index (κ1) is 20.7. The Labute approximate surface area is 153 Å². The molecule has 0 unspecified atom stereocenters. The first-order valence-electron chi connectivity index (χ1n) is 7.45. The monoisotopic (exact) mass is 404 g/mol. The van der Waals surface area contributed by atoms with E-state index in [4.69, 9.17) is 14.9 Å². The molecule has 0 fully saturated rings. The summed E-state index contributed by atoms with van der Waals surface area (Å²) in [6.07, 6.45) is -5.12. The Hall–Kier alpha value is -2.56. The molecule has 0 aliphatic heterocycles. The van der Waals surface area contributed by atoms with Crippen LogP contribution in [-0.4, -0.2) is 37.7 Å². The first-order valence-corrected chi connectivity index (χ1v) is 8.99. The number of rotatable bonds is 7.